The number of nitrogens with zero attached hydrogens (tertiary/aromatic N) is 1. The summed E-state index contributed by atoms with van der Waals surface area (Å²) in [6, 6.07) is 4.29. The van der Waals surface area contributed by atoms with Crippen LogP contribution in [0.25, 0.3) is 0 Å². The molecule has 33 heavy (non-hydrogen) atoms. The van der Waals surface area contributed by atoms with E-state index in [1.165, 1.54) is 37.4 Å². The number of methoxy groups -OCH3 is 2. The summed E-state index contributed by atoms with van der Waals surface area (Å²) in [6.45, 7) is 0.732. The van der Waals surface area contributed by atoms with Crippen molar-refractivity contribution in [3.8, 4) is 11.5 Å². The number of ether oxygens (including phenoxy) is 2. The van der Waals surface area contributed by atoms with Gasteiger partial charge < -0.3 is 20.1 Å². The second-order valence-corrected chi connectivity index (χ2v) is 12.2. The summed E-state index contributed by atoms with van der Waals surface area (Å²) in [4.78, 5) is 13.0. The lowest BCUT2D eigenvalue weighted by molar-refractivity contribution is 0.175. The van der Waals surface area contributed by atoms with Crippen molar-refractivity contribution in [2.75, 3.05) is 27.3 Å². The molecule has 2 amide bonds. The second kappa shape index (κ2) is 8.65. The van der Waals surface area contributed by atoms with E-state index in [2.05, 4.69) is 10.6 Å². The van der Waals surface area contributed by atoms with E-state index < -0.39 is 10.0 Å². The molecule has 3 unspecified atom stereocenters. The number of hydrogen-bond donors (Lipinski definition) is 2. The molecule has 1 saturated heterocycles. The number of benzene rings is 1. The predicted molar refractivity (Wildman–Crippen MR) is 124 cm³/mol. The molecule has 9 heteroatoms. The van der Waals surface area contributed by atoms with Gasteiger partial charge in [-0.2, -0.15) is 4.31 Å². The Morgan fingerprint density at radius 1 is 1.12 bits per heavy atom. The van der Waals surface area contributed by atoms with E-state index in [-0.39, 0.29) is 28.3 Å². The van der Waals surface area contributed by atoms with E-state index >= 15 is 0 Å². The third kappa shape index (κ3) is 4.18. The van der Waals surface area contributed by atoms with Crippen LogP contribution in [0.5, 0.6) is 11.5 Å². The van der Waals surface area contributed by atoms with Crippen LogP contribution in [-0.2, 0) is 10.0 Å². The highest BCUT2D eigenvalue weighted by atomic mass is 32.2. The van der Waals surface area contributed by atoms with Crippen LogP contribution in [0.15, 0.2) is 23.1 Å². The van der Waals surface area contributed by atoms with Gasteiger partial charge in [-0.3, -0.25) is 0 Å². The molecule has 0 spiro atoms. The zero-order chi connectivity index (χ0) is 23.2. The number of rotatable bonds is 7. The first-order chi connectivity index (χ1) is 15.8. The molecular weight excluding hydrogens is 442 g/mol. The van der Waals surface area contributed by atoms with Crippen LogP contribution < -0.4 is 20.1 Å². The molecule has 4 saturated carbocycles. The van der Waals surface area contributed by atoms with Gasteiger partial charge in [-0.05, 0) is 74.8 Å². The fourth-order valence-corrected chi connectivity index (χ4v) is 8.90. The maximum absolute atomic E-state index is 13.6. The summed E-state index contributed by atoms with van der Waals surface area (Å²) in [5.74, 6) is 3.12. The first-order valence-electron chi connectivity index (χ1n) is 12.1. The zero-order valence-corrected chi connectivity index (χ0v) is 20.3. The molecule has 5 aliphatic rings. The Balaban J connectivity index is 1.26. The molecule has 4 bridgehead atoms. The topological polar surface area (TPSA) is 97.0 Å². The summed E-state index contributed by atoms with van der Waals surface area (Å²) in [7, 11) is -0.801. The quantitative estimate of drug-likeness (QED) is 0.629. The number of carbonyl (C=O) groups excluding carboxylic acids is 1. The Hall–Kier alpha value is -2.00. The third-order valence-electron chi connectivity index (χ3n) is 8.33. The molecule has 182 valence electrons. The van der Waals surface area contributed by atoms with Crippen molar-refractivity contribution in [3.63, 3.8) is 0 Å². The predicted octanol–water partition coefficient (Wildman–Crippen LogP) is 3.12. The molecule has 2 N–H and O–H groups in total. The van der Waals surface area contributed by atoms with Crippen LogP contribution in [-0.4, -0.2) is 57.6 Å². The van der Waals surface area contributed by atoms with Gasteiger partial charge in [-0.1, -0.05) is 6.42 Å². The lowest BCUT2D eigenvalue weighted by Gasteiger charge is -2.39. The van der Waals surface area contributed by atoms with Gasteiger partial charge in [0.05, 0.1) is 14.2 Å². The number of amides is 2. The number of carbonyl (C=O) groups is 1. The number of hydrogen-bond acceptors (Lipinski definition) is 5. The molecule has 6 rings (SSSR count). The highest BCUT2D eigenvalue weighted by Crippen LogP contribution is 2.59. The van der Waals surface area contributed by atoms with E-state index in [1.807, 2.05) is 0 Å². The van der Waals surface area contributed by atoms with Crippen LogP contribution in [0.3, 0.4) is 0 Å². The lowest BCUT2D eigenvalue weighted by Crippen LogP contribution is -2.56. The van der Waals surface area contributed by atoms with Crippen LogP contribution >= 0.6 is 0 Å². The number of nitrogens with one attached hydrogen (secondary N) is 2. The zero-order valence-electron chi connectivity index (χ0n) is 19.5. The standard InChI is InChI=1S/C24H35N3O5S/c1-31-20-6-7-22(21(11-20)32-2)33(29,30)27-8-4-3-5-19(27)15-25-23(28)26-24-12-16-9-17(13-24)18(10-16)14-24/h6-7,11,16-19H,3-5,8-10,12-15H2,1-2H3,(H2,25,26,28). The SMILES string of the molecule is COc1ccc(S(=O)(=O)N2CCCCC2CNC(=O)NC23CC4CC(C2)C(C4)C3)c(OC)c1. The van der Waals surface area contributed by atoms with Crippen molar-refractivity contribution in [2.24, 2.45) is 17.8 Å². The number of sulfonamides is 1. The number of piperidine rings is 1. The summed E-state index contributed by atoms with van der Waals surface area (Å²) in [5, 5.41) is 6.29. The van der Waals surface area contributed by atoms with Gasteiger partial charge in [0.15, 0.2) is 0 Å². The van der Waals surface area contributed by atoms with Crippen molar-refractivity contribution < 1.29 is 22.7 Å². The molecule has 8 nitrogen and oxygen atoms in total. The fraction of sp³-hybridized carbons (Fsp3) is 0.708. The molecular formula is C24H35N3O5S. The van der Waals surface area contributed by atoms with Crippen LogP contribution in [0.4, 0.5) is 4.79 Å². The monoisotopic (exact) mass is 477 g/mol. The van der Waals surface area contributed by atoms with E-state index in [9.17, 15) is 13.2 Å². The fourth-order valence-electron chi connectivity index (χ4n) is 7.07. The largest absolute Gasteiger partial charge is 0.497 e. The Morgan fingerprint density at radius 3 is 2.55 bits per heavy atom. The van der Waals surface area contributed by atoms with E-state index in [0.29, 0.717) is 18.8 Å². The normalized spacial score (nSPS) is 33.2. The van der Waals surface area contributed by atoms with Gasteiger partial charge in [-0.15, -0.1) is 0 Å². The Bertz CT molecular complexity index is 994. The van der Waals surface area contributed by atoms with Gasteiger partial charge >= 0.3 is 6.03 Å². The highest BCUT2D eigenvalue weighted by Gasteiger charge is 2.56. The van der Waals surface area contributed by atoms with E-state index in [0.717, 1.165) is 56.3 Å². The van der Waals surface area contributed by atoms with Crippen molar-refractivity contribution in [1.82, 2.24) is 14.9 Å². The molecule has 1 aromatic rings. The van der Waals surface area contributed by atoms with Gasteiger partial charge in [0.1, 0.15) is 16.4 Å². The minimum absolute atomic E-state index is 0.0463. The van der Waals surface area contributed by atoms with Gasteiger partial charge in [0.25, 0.3) is 0 Å². The molecule has 4 aliphatic carbocycles. The smallest absolute Gasteiger partial charge is 0.315 e. The van der Waals surface area contributed by atoms with Crippen LogP contribution in [0, 0.1) is 17.8 Å². The van der Waals surface area contributed by atoms with Crippen LogP contribution in [0.2, 0.25) is 0 Å². The summed E-state index contributed by atoms with van der Waals surface area (Å²) < 4.78 is 39.2. The summed E-state index contributed by atoms with van der Waals surface area (Å²) in [5.41, 5.74) is -0.0463. The van der Waals surface area contributed by atoms with Gasteiger partial charge in [-0.25, -0.2) is 13.2 Å². The molecule has 5 fully saturated rings. The number of urea groups is 1. The minimum atomic E-state index is -3.78. The van der Waals surface area contributed by atoms with Crippen molar-refractivity contribution >= 4 is 16.1 Å². The molecule has 0 radical (unpaired) electrons. The lowest BCUT2D eigenvalue weighted by atomic mass is 9.76. The minimum Gasteiger partial charge on any atom is -0.497 e. The summed E-state index contributed by atoms with van der Waals surface area (Å²) >= 11 is 0. The van der Waals surface area contributed by atoms with Gasteiger partial charge in [0.2, 0.25) is 10.0 Å². The van der Waals surface area contributed by atoms with E-state index in [1.54, 1.807) is 12.1 Å². The maximum Gasteiger partial charge on any atom is 0.315 e. The first-order valence-corrected chi connectivity index (χ1v) is 13.6. The van der Waals surface area contributed by atoms with Gasteiger partial charge in [0, 0.05) is 30.7 Å². The molecule has 1 aromatic carbocycles. The highest BCUT2D eigenvalue weighted by molar-refractivity contribution is 7.89. The molecule has 1 heterocycles. The Morgan fingerprint density at radius 2 is 1.88 bits per heavy atom. The third-order valence-corrected chi connectivity index (χ3v) is 10.3. The Kier molecular flexibility index (Phi) is 5.97. The molecule has 1 aliphatic heterocycles. The summed E-state index contributed by atoms with van der Waals surface area (Å²) in [6.07, 6.45) is 8.41. The van der Waals surface area contributed by atoms with E-state index in [4.69, 9.17) is 9.47 Å². The molecule has 3 atom stereocenters. The average Bonchev–Trinajstić information content (AvgIpc) is 3.22. The Labute approximate surface area is 196 Å². The van der Waals surface area contributed by atoms with Crippen molar-refractivity contribution in [2.45, 2.75) is 67.8 Å². The first kappa shape index (κ1) is 22.8. The molecule has 0 aromatic heterocycles. The average molecular weight is 478 g/mol. The maximum atomic E-state index is 13.6. The second-order valence-electron chi connectivity index (χ2n) is 10.4. The van der Waals surface area contributed by atoms with Crippen molar-refractivity contribution in [3.05, 3.63) is 18.2 Å². The van der Waals surface area contributed by atoms with Crippen LogP contribution in [0.1, 0.15) is 51.4 Å². The van der Waals surface area contributed by atoms with Crippen molar-refractivity contribution in [1.29, 1.82) is 0 Å².